The van der Waals surface area contributed by atoms with Gasteiger partial charge in [0.2, 0.25) is 0 Å². The fourth-order valence-electron chi connectivity index (χ4n) is 1.27. The number of rotatable bonds is 6. The molecule has 1 aromatic rings. The lowest BCUT2D eigenvalue weighted by molar-refractivity contribution is -0.181. The molecule has 5 heteroatoms. The van der Waals surface area contributed by atoms with E-state index in [1.165, 1.54) is 0 Å². The lowest BCUT2D eigenvalue weighted by Crippen LogP contribution is -2.31. The highest BCUT2D eigenvalue weighted by molar-refractivity contribution is 5.76. The Labute approximate surface area is 105 Å². The second kappa shape index (κ2) is 6.44. The number of allylic oxidation sites excluding steroid dienone is 1. The van der Waals surface area contributed by atoms with Crippen LogP contribution in [0.3, 0.4) is 0 Å². The smallest absolute Gasteiger partial charge is 0.387 e. The Kier molecular flexibility index (Phi) is 4.92. The average Bonchev–Trinajstić information content (AvgIpc) is 2.30. The molecule has 0 saturated heterocycles. The minimum atomic E-state index is -1.63. The van der Waals surface area contributed by atoms with Crippen LogP contribution in [0.4, 0.5) is 0 Å². The van der Waals surface area contributed by atoms with Gasteiger partial charge in [0.1, 0.15) is 5.75 Å². The molecule has 96 valence electrons. The number of carbonyl (C=O) groups excluding carboxylic acids is 1. The first-order chi connectivity index (χ1) is 8.52. The summed E-state index contributed by atoms with van der Waals surface area (Å²) in [7, 11) is 0. The van der Waals surface area contributed by atoms with Gasteiger partial charge in [0.05, 0.1) is 0 Å². The van der Waals surface area contributed by atoms with Gasteiger partial charge < -0.3 is 14.6 Å². The molecule has 0 bridgehead atoms. The van der Waals surface area contributed by atoms with Crippen LogP contribution in [0.2, 0.25) is 0 Å². The van der Waals surface area contributed by atoms with Crippen molar-refractivity contribution in [2.75, 3.05) is 0 Å². The second-order valence-corrected chi connectivity index (χ2v) is 3.53. The van der Waals surface area contributed by atoms with Gasteiger partial charge in [-0.25, -0.2) is 4.79 Å². The van der Waals surface area contributed by atoms with Crippen molar-refractivity contribution in [3.63, 3.8) is 0 Å². The maximum absolute atomic E-state index is 10.8. The van der Waals surface area contributed by atoms with Gasteiger partial charge in [-0.3, -0.25) is 4.79 Å². The molecule has 1 atom stereocenters. The summed E-state index contributed by atoms with van der Waals surface area (Å²) in [6.45, 7) is 4.73. The highest BCUT2D eigenvalue weighted by atomic mass is 16.7. The molecule has 5 nitrogen and oxygen atoms in total. The Morgan fingerprint density at radius 3 is 2.44 bits per heavy atom. The first-order valence-corrected chi connectivity index (χ1v) is 5.29. The van der Waals surface area contributed by atoms with E-state index >= 15 is 0 Å². The van der Waals surface area contributed by atoms with Crippen LogP contribution in [0, 0.1) is 0 Å². The van der Waals surface area contributed by atoms with Gasteiger partial charge >= 0.3 is 18.2 Å². The van der Waals surface area contributed by atoms with Crippen LogP contribution in [0.25, 0.3) is 0 Å². The Morgan fingerprint density at radius 1 is 1.39 bits per heavy atom. The predicted octanol–water partition coefficient (Wildman–Crippen LogP) is 1.77. The van der Waals surface area contributed by atoms with Gasteiger partial charge in [0.15, 0.2) is 0 Å². The number of carboxylic acids is 1. The van der Waals surface area contributed by atoms with Crippen molar-refractivity contribution in [3.05, 3.63) is 42.5 Å². The minimum Gasteiger partial charge on any atom is -0.476 e. The van der Waals surface area contributed by atoms with Crippen molar-refractivity contribution < 1.29 is 24.2 Å². The van der Waals surface area contributed by atoms with Crippen LogP contribution in [0.1, 0.15) is 12.5 Å². The van der Waals surface area contributed by atoms with E-state index in [-0.39, 0.29) is 0 Å². The molecular formula is C13H14O5. The summed E-state index contributed by atoms with van der Waals surface area (Å²) >= 11 is 0. The lowest BCUT2D eigenvalue weighted by atomic mass is 10.1. The molecule has 1 aromatic carbocycles. The number of ether oxygens (including phenoxy) is 2. The molecule has 0 radical (unpaired) electrons. The quantitative estimate of drug-likeness (QED) is 0.473. The van der Waals surface area contributed by atoms with Gasteiger partial charge in [-0.2, -0.15) is 0 Å². The highest BCUT2D eigenvalue weighted by Gasteiger charge is 2.22. The number of hydrogen-bond acceptors (Lipinski definition) is 4. The third kappa shape index (κ3) is 4.29. The molecule has 1 rings (SSSR count). The summed E-state index contributed by atoms with van der Waals surface area (Å²) in [4.78, 5) is 21.5. The molecule has 0 aliphatic heterocycles. The largest absolute Gasteiger partial charge is 0.476 e. The van der Waals surface area contributed by atoms with Crippen molar-refractivity contribution in [1.29, 1.82) is 0 Å². The van der Waals surface area contributed by atoms with E-state index in [0.717, 1.165) is 12.5 Å². The maximum Gasteiger partial charge on any atom is 0.387 e. The van der Waals surface area contributed by atoms with E-state index in [1.807, 2.05) is 0 Å². The zero-order valence-corrected chi connectivity index (χ0v) is 9.96. The summed E-state index contributed by atoms with van der Waals surface area (Å²) in [6, 6.07) is 6.78. The van der Waals surface area contributed by atoms with Gasteiger partial charge in [0.25, 0.3) is 0 Å². The molecule has 0 aliphatic carbocycles. The number of hydrogen-bond donors (Lipinski definition) is 1. The second-order valence-electron chi connectivity index (χ2n) is 3.53. The van der Waals surface area contributed by atoms with Gasteiger partial charge in [-0.15, -0.1) is 6.58 Å². The predicted molar refractivity (Wildman–Crippen MR) is 64.2 cm³/mol. The van der Waals surface area contributed by atoms with Crippen molar-refractivity contribution in [1.82, 2.24) is 0 Å². The van der Waals surface area contributed by atoms with Crippen molar-refractivity contribution in [2.45, 2.75) is 19.6 Å². The summed E-state index contributed by atoms with van der Waals surface area (Å²) in [6.07, 6.45) is 0.842. The topological polar surface area (TPSA) is 72.8 Å². The van der Waals surface area contributed by atoms with Crippen LogP contribution >= 0.6 is 0 Å². The summed E-state index contributed by atoms with van der Waals surface area (Å²) in [5.41, 5.74) is 1.02. The molecule has 0 heterocycles. The molecule has 18 heavy (non-hydrogen) atoms. The summed E-state index contributed by atoms with van der Waals surface area (Å²) in [5.74, 6) is -1.76. The monoisotopic (exact) mass is 250 g/mol. The first kappa shape index (κ1) is 13.8. The molecule has 0 spiro atoms. The Hall–Kier alpha value is -2.30. The molecular weight excluding hydrogens is 236 g/mol. The number of aliphatic carboxylic acids is 1. The average molecular weight is 250 g/mol. The van der Waals surface area contributed by atoms with E-state index in [2.05, 4.69) is 11.3 Å². The van der Waals surface area contributed by atoms with Crippen molar-refractivity contribution in [2.24, 2.45) is 0 Å². The van der Waals surface area contributed by atoms with E-state index in [0.29, 0.717) is 12.2 Å². The molecule has 0 aromatic heterocycles. The van der Waals surface area contributed by atoms with Crippen LogP contribution in [-0.4, -0.2) is 23.3 Å². The van der Waals surface area contributed by atoms with Crippen molar-refractivity contribution in [3.8, 4) is 5.75 Å². The summed E-state index contributed by atoms with van der Waals surface area (Å²) in [5, 5.41) is 8.81. The zero-order chi connectivity index (χ0) is 13.5. The Bertz CT molecular complexity index is 435. The normalized spacial score (nSPS) is 11.4. The number of carbonyl (C=O) groups is 2. The van der Waals surface area contributed by atoms with E-state index in [1.54, 1.807) is 30.3 Å². The van der Waals surface area contributed by atoms with Crippen LogP contribution in [0.5, 0.6) is 5.75 Å². The van der Waals surface area contributed by atoms with Crippen LogP contribution in [-0.2, 0) is 20.7 Å². The van der Waals surface area contributed by atoms with Crippen LogP contribution < -0.4 is 4.74 Å². The molecule has 0 fully saturated rings. The number of carboxylic acid groups (broad SMARTS) is 1. The van der Waals surface area contributed by atoms with E-state index < -0.39 is 18.2 Å². The fraction of sp³-hybridized carbons (Fsp3) is 0.231. The van der Waals surface area contributed by atoms with Crippen molar-refractivity contribution >= 4 is 11.9 Å². The molecule has 0 amide bonds. The molecule has 0 saturated carbocycles. The molecule has 1 N–H and O–H groups in total. The van der Waals surface area contributed by atoms with Gasteiger partial charge in [0, 0.05) is 6.92 Å². The lowest BCUT2D eigenvalue weighted by Gasteiger charge is -2.14. The third-order valence-electron chi connectivity index (χ3n) is 2.02. The van der Waals surface area contributed by atoms with Crippen LogP contribution in [0.15, 0.2) is 36.9 Å². The maximum atomic E-state index is 10.8. The minimum absolute atomic E-state index is 0.316. The summed E-state index contributed by atoms with van der Waals surface area (Å²) < 4.78 is 9.57. The molecule has 1 unspecified atom stereocenters. The van der Waals surface area contributed by atoms with Gasteiger partial charge in [-0.05, 0) is 24.1 Å². The first-order valence-electron chi connectivity index (χ1n) is 5.29. The molecule has 0 aliphatic rings. The van der Waals surface area contributed by atoms with E-state index in [9.17, 15) is 9.59 Å². The SMILES string of the molecule is C=CCc1ccc(OC(OC(C)=O)C(=O)O)cc1. The number of esters is 1. The highest BCUT2D eigenvalue weighted by Crippen LogP contribution is 2.15. The Balaban J connectivity index is 2.71. The standard InChI is InChI=1S/C13H14O5/c1-3-4-10-5-7-11(8-6-10)18-13(12(15)16)17-9(2)14/h3,5-8,13H,1,4H2,2H3,(H,15,16). The number of benzene rings is 1. The third-order valence-corrected chi connectivity index (χ3v) is 2.02. The Morgan fingerprint density at radius 2 is 2.00 bits per heavy atom. The van der Waals surface area contributed by atoms with Gasteiger partial charge in [-0.1, -0.05) is 18.2 Å². The zero-order valence-electron chi connectivity index (χ0n) is 9.96. The fourth-order valence-corrected chi connectivity index (χ4v) is 1.27. The van der Waals surface area contributed by atoms with E-state index in [4.69, 9.17) is 9.84 Å².